The number of anilines is 1. The van der Waals surface area contributed by atoms with Crippen LogP contribution >= 0.6 is 0 Å². The molecule has 1 saturated heterocycles. The van der Waals surface area contributed by atoms with E-state index in [2.05, 4.69) is 10.3 Å². The van der Waals surface area contributed by atoms with Gasteiger partial charge in [0.25, 0.3) is 0 Å². The highest BCUT2D eigenvalue weighted by Crippen LogP contribution is 2.20. The lowest BCUT2D eigenvalue weighted by molar-refractivity contribution is 0.0690. The number of pyridine rings is 1. The highest BCUT2D eigenvalue weighted by molar-refractivity contribution is 5.90. The van der Waals surface area contributed by atoms with E-state index >= 15 is 0 Å². The minimum Gasteiger partial charge on any atom is -0.477 e. The van der Waals surface area contributed by atoms with Crippen LogP contribution in [0.4, 0.5) is 10.5 Å². The Morgan fingerprint density at radius 3 is 2.81 bits per heavy atom. The number of nitrogens with zero attached hydrogens (tertiary/aromatic N) is 2. The van der Waals surface area contributed by atoms with Gasteiger partial charge in [0.1, 0.15) is 5.69 Å². The molecule has 1 aromatic heterocycles. The van der Waals surface area contributed by atoms with Crippen molar-refractivity contribution in [2.75, 3.05) is 18.5 Å². The molecule has 1 aromatic rings. The fraction of sp³-hybridized carbons (Fsp3) is 0.500. The summed E-state index contributed by atoms with van der Waals surface area (Å²) in [7, 11) is 0. The number of piperidine rings is 1. The number of amides is 2. The Morgan fingerprint density at radius 2 is 2.19 bits per heavy atom. The van der Waals surface area contributed by atoms with Crippen molar-refractivity contribution in [3.63, 3.8) is 0 Å². The number of rotatable bonds is 4. The maximum Gasteiger partial charge on any atom is 0.354 e. The van der Waals surface area contributed by atoms with Crippen LogP contribution in [0.5, 0.6) is 0 Å². The second kappa shape index (κ2) is 7.03. The standard InChI is InChI=1S/C14H19N3O4/c18-8-6-11-3-1-2-7-17(11)14(21)16-10-4-5-12(13(19)20)15-9-10/h4-5,9,11,18H,1-3,6-8H2,(H,16,21)(H,19,20). The first-order valence-electron chi connectivity index (χ1n) is 6.99. The van der Waals surface area contributed by atoms with Crippen molar-refractivity contribution in [1.82, 2.24) is 9.88 Å². The van der Waals surface area contributed by atoms with Gasteiger partial charge in [-0.2, -0.15) is 0 Å². The minimum atomic E-state index is -1.10. The van der Waals surface area contributed by atoms with E-state index < -0.39 is 5.97 Å². The molecule has 21 heavy (non-hydrogen) atoms. The molecule has 0 saturated carbocycles. The number of aliphatic hydroxyl groups is 1. The van der Waals surface area contributed by atoms with Crippen molar-refractivity contribution in [3.8, 4) is 0 Å². The molecule has 7 heteroatoms. The summed E-state index contributed by atoms with van der Waals surface area (Å²) in [6.07, 6.45) is 4.80. The third kappa shape index (κ3) is 3.91. The molecule has 0 bridgehead atoms. The van der Waals surface area contributed by atoms with Crippen LogP contribution in [0.25, 0.3) is 0 Å². The smallest absolute Gasteiger partial charge is 0.354 e. The van der Waals surface area contributed by atoms with Gasteiger partial charge in [0.05, 0.1) is 11.9 Å². The molecule has 0 aliphatic carbocycles. The Balaban J connectivity index is 2.00. The molecule has 1 aliphatic heterocycles. The first kappa shape index (κ1) is 15.2. The van der Waals surface area contributed by atoms with Crippen molar-refractivity contribution in [3.05, 3.63) is 24.0 Å². The van der Waals surface area contributed by atoms with Crippen LogP contribution in [0, 0.1) is 0 Å². The van der Waals surface area contributed by atoms with Crippen LogP contribution in [0.2, 0.25) is 0 Å². The Labute approximate surface area is 122 Å². The number of carboxylic acids is 1. The second-order valence-corrected chi connectivity index (χ2v) is 5.02. The number of nitrogens with one attached hydrogen (secondary N) is 1. The zero-order valence-electron chi connectivity index (χ0n) is 11.7. The zero-order chi connectivity index (χ0) is 15.2. The fourth-order valence-corrected chi connectivity index (χ4v) is 2.51. The van der Waals surface area contributed by atoms with Gasteiger partial charge in [-0.3, -0.25) is 0 Å². The normalized spacial score (nSPS) is 18.3. The molecule has 0 radical (unpaired) electrons. The number of aromatic carboxylic acids is 1. The van der Waals surface area contributed by atoms with Crippen LogP contribution in [0.15, 0.2) is 18.3 Å². The van der Waals surface area contributed by atoms with Crippen molar-refractivity contribution < 1.29 is 19.8 Å². The highest BCUT2D eigenvalue weighted by atomic mass is 16.4. The summed E-state index contributed by atoms with van der Waals surface area (Å²) < 4.78 is 0. The van der Waals surface area contributed by atoms with Crippen LogP contribution in [0.3, 0.4) is 0 Å². The molecular formula is C14H19N3O4. The van der Waals surface area contributed by atoms with Crippen molar-refractivity contribution >= 4 is 17.7 Å². The summed E-state index contributed by atoms with van der Waals surface area (Å²) in [4.78, 5) is 28.5. The van der Waals surface area contributed by atoms with Gasteiger partial charge in [0, 0.05) is 19.2 Å². The number of urea groups is 1. The van der Waals surface area contributed by atoms with E-state index in [1.54, 1.807) is 4.90 Å². The van der Waals surface area contributed by atoms with E-state index in [1.165, 1.54) is 18.3 Å². The van der Waals surface area contributed by atoms with Crippen LogP contribution < -0.4 is 5.32 Å². The van der Waals surface area contributed by atoms with E-state index in [9.17, 15) is 9.59 Å². The average Bonchev–Trinajstić information content (AvgIpc) is 2.48. The van der Waals surface area contributed by atoms with E-state index in [0.717, 1.165) is 19.3 Å². The van der Waals surface area contributed by atoms with Gasteiger partial charge < -0.3 is 20.4 Å². The zero-order valence-corrected chi connectivity index (χ0v) is 11.7. The third-order valence-electron chi connectivity index (χ3n) is 3.58. The maximum absolute atomic E-state index is 12.3. The molecule has 114 valence electrons. The molecule has 0 spiro atoms. The second-order valence-electron chi connectivity index (χ2n) is 5.02. The minimum absolute atomic E-state index is 0.0509. The maximum atomic E-state index is 12.3. The van der Waals surface area contributed by atoms with Gasteiger partial charge >= 0.3 is 12.0 Å². The Kier molecular flexibility index (Phi) is 5.10. The molecule has 2 rings (SSSR count). The molecule has 2 heterocycles. The van der Waals surface area contributed by atoms with Gasteiger partial charge in [0.15, 0.2) is 0 Å². The first-order valence-corrected chi connectivity index (χ1v) is 6.99. The van der Waals surface area contributed by atoms with E-state index in [0.29, 0.717) is 18.7 Å². The number of likely N-dealkylation sites (tertiary alicyclic amines) is 1. The number of hydrogen-bond donors (Lipinski definition) is 3. The number of hydrogen-bond acceptors (Lipinski definition) is 4. The topological polar surface area (TPSA) is 103 Å². The SMILES string of the molecule is O=C(O)c1ccc(NC(=O)N2CCCCC2CCO)cn1. The summed E-state index contributed by atoms with van der Waals surface area (Å²) in [5.74, 6) is -1.10. The summed E-state index contributed by atoms with van der Waals surface area (Å²) >= 11 is 0. The largest absolute Gasteiger partial charge is 0.477 e. The van der Waals surface area contributed by atoms with Crippen molar-refractivity contribution in [2.24, 2.45) is 0 Å². The number of carbonyl (C=O) groups is 2. The molecular weight excluding hydrogens is 274 g/mol. The molecule has 2 amide bonds. The molecule has 0 aromatic carbocycles. The lowest BCUT2D eigenvalue weighted by Crippen LogP contribution is -2.46. The summed E-state index contributed by atoms with van der Waals surface area (Å²) in [6.45, 7) is 0.723. The first-order chi connectivity index (χ1) is 10.1. The van der Waals surface area contributed by atoms with Crippen molar-refractivity contribution in [2.45, 2.75) is 31.7 Å². The lowest BCUT2D eigenvalue weighted by atomic mass is 10.0. The number of carboxylic acid groups (broad SMARTS) is 1. The Bertz CT molecular complexity index is 501. The summed E-state index contributed by atoms with van der Waals surface area (Å²) in [5, 5.41) is 20.6. The fourth-order valence-electron chi connectivity index (χ4n) is 2.51. The highest BCUT2D eigenvalue weighted by Gasteiger charge is 2.26. The molecule has 3 N–H and O–H groups in total. The number of aromatic nitrogens is 1. The Morgan fingerprint density at radius 1 is 1.38 bits per heavy atom. The molecule has 1 fully saturated rings. The predicted molar refractivity (Wildman–Crippen MR) is 76.3 cm³/mol. The molecule has 1 unspecified atom stereocenters. The van der Waals surface area contributed by atoms with Crippen molar-refractivity contribution in [1.29, 1.82) is 0 Å². The monoisotopic (exact) mass is 293 g/mol. The Hall–Kier alpha value is -2.15. The number of aliphatic hydroxyl groups excluding tert-OH is 1. The van der Waals surface area contributed by atoms with Gasteiger partial charge in [-0.15, -0.1) is 0 Å². The van der Waals surface area contributed by atoms with Gasteiger partial charge in [-0.1, -0.05) is 0 Å². The van der Waals surface area contributed by atoms with E-state index in [-0.39, 0.29) is 24.4 Å². The van der Waals surface area contributed by atoms with Crippen LogP contribution in [-0.4, -0.2) is 51.3 Å². The lowest BCUT2D eigenvalue weighted by Gasteiger charge is -2.35. The third-order valence-corrected chi connectivity index (χ3v) is 3.58. The molecule has 7 nitrogen and oxygen atoms in total. The number of carbonyl (C=O) groups excluding carboxylic acids is 1. The van der Waals surface area contributed by atoms with Gasteiger partial charge in [-0.25, -0.2) is 14.6 Å². The predicted octanol–water partition coefficient (Wildman–Crippen LogP) is 1.55. The summed E-state index contributed by atoms with van der Waals surface area (Å²) in [6, 6.07) is 2.67. The van der Waals surface area contributed by atoms with Crippen LogP contribution in [0.1, 0.15) is 36.2 Å². The quantitative estimate of drug-likeness (QED) is 0.781. The molecule has 1 atom stereocenters. The van der Waals surface area contributed by atoms with E-state index in [1.807, 2.05) is 0 Å². The van der Waals surface area contributed by atoms with Crippen LogP contribution in [-0.2, 0) is 0 Å². The van der Waals surface area contributed by atoms with E-state index in [4.69, 9.17) is 10.2 Å². The van der Waals surface area contributed by atoms with Gasteiger partial charge in [-0.05, 0) is 37.8 Å². The summed E-state index contributed by atoms with van der Waals surface area (Å²) in [5.41, 5.74) is 0.391. The molecule has 1 aliphatic rings. The average molecular weight is 293 g/mol. The van der Waals surface area contributed by atoms with Gasteiger partial charge in [0.2, 0.25) is 0 Å².